The van der Waals surface area contributed by atoms with Gasteiger partial charge in [-0.1, -0.05) is 12.1 Å². The Kier molecular flexibility index (Phi) is 6.99. The van der Waals surface area contributed by atoms with Gasteiger partial charge in [-0.2, -0.15) is 0 Å². The minimum Gasteiger partial charge on any atom is -0.383 e. The topological polar surface area (TPSA) is 54.9 Å². The van der Waals surface area contributed by atoms with Gasteiger partial charge in [0, 0.05) is 45.4 Å². The summed E-state index contributed by atoms with van der Waals surface area (Å²) in [5.41, 5.74) is 1.06. The van der Waals surface area contributed by atoms with Gasteiger partial charge in [-0.3, -0.25) is 4.99 Å². The maximum absolute atomic E-state index is 13.3. The molecule has 1 aromatic carbocycles. The Balaban J connectivity index is 2.07. The standard InChI is InChI=1S/C18H28FN3O2/c1-14(12-23-3)22-17(20-2)21-13-18(8-10-24-11-9-18)15-4-6-16(19)7-5-15/h4-7,14H,8-13H2,1-3H3,(H2,20,21,22). The van der Waals surface area contributed by atoms with Crippen LogP contribution in [0.2, 0.25) is 0 Å². The molecule has 5 nitrogen and oxygen atoms in total. The molecule has 1 heterocycles. The molecule has 1 aliphatic rings. The van der Waals surface area contributed by atoms with Crippen molar-refractivity contribution < 1.29 is 13.9 Å². The predicted octanol–water partition coefficient (Wildman–Crippen LogP) is 2.07. The zero-order valence-electron chi connectivity index (χ0n) is 14.8. The lowest BCUT2D eigenvalue weighted by Crippen LogP contribution is -2.50. The summed E-state index contributed by atoms with van der Waals surface area (Å²) < 4.78 is 24.0. The lowest BCUT2D eigenvalue weighted by Gasteiger charge is -2.38. The third-order valence-corrected chi connectivity index (χ3v) is 4.52. The maximum atomic E-state index is 13.3. The Morgan fingerprint density at radius 2 is 2.00 bits per heavy atom. The van der Waals surface area contributed by atoms with Crippen LogP contribution < -0.4 is 10.6 Å². The molecule has 2 rings (SSSR count). The number of hydrogen-bond donors (Lipinski definition) is 2. The summed E-state index contributed by atoms with van der Waals surface area (Å²) in [6.07, 6.45) is 1.80. The van der Waals surface area contributed by atoms with Crippen molar-refractivity contribution in [3.05, 3.63) is 35.6 Å². The van der Waals surface area contributed by atoms with Gasteiger partial charge >= 0.3 is 0 Å². The summed E-state index contributed by atoms with van der Waals surface area (Å²) in [4.78, 5) is 4.28. The van der Waals surface area contributed by atoms with E-state index < -0.39 is 0 Å². The third-order valence-electron chi connectivity index (χ3n) is 4.52. The first-order valence-electron chi connectivity index (χ1n) is 8.39. The highest BCUT2D eigenvalue weighted by molar-refractivity contribution is 5.80. The quantitative estimate of drug-likeness (QED) is 0.616. The van der Waals surface area contributed by atoms with E-state index in [2.05, 4.69) is 15.6 Å². The highest BCUT2D eigenvalue weighted by Gasteiger charge is 2.34. The Morgan fingerprint density at radius 3 is 2.58 bits per heavy atom. The fourth-order valence-electron chi connectivity index (χ4n) is 3.11. The van der Waals surface area contributed by atoms with Crippen LogP contribution in [0, 0.1) is 5.82 Å². The number of benzene rings is 1. The molecule has 1 aliphatic heterocycles. The highest BCUT2D eigenvalue weighted by atomic mass is 19.1. The highest BCUT2D eigenvalue weighted by Crippen LogP contribution is 2.34. The Hall–Kier alpha value is -1.66. The van der Waals surface area contributed by atoms with E-state index in [4.69, 9.17) is 9.47 Å². The van der Waals surface area contributed by atoms with Gasteiger partial charge in [-0.05, 0) is 37.5 Å². The summed E-state index contributed by atoms with van der Waals surface area (Å²) in [5.74, 6) is 0.535. The van der Waals surface area contributed by atoms with E-state index in [-0.39, 0.29) is 17.3 Å². The first-order chi connectivity index (χ1) is 11.6. The molecule has 24 heavy (non-hydrogen) atoms. The first-order valence-corrected chi connectivity index (χ1v) is 8.39. The lowest BCUT2D eigenvalue weighted by molar-refractivity contribution is 0.0513. The monoisotopic (exact) mass is 337 g/mol. The van der Waals surface area contributed by atoms with Gasteiger partial charge < -0.3 is 20.1 Å². The summed E-state index contributed by atoms with van der Waals surface area (Å²) >= 11 is 0. The molecular formula is C18H28FN3O2. The van der Waals surface area contributed by atoms with Crippen molar-refractivity contribution in [2.75, 3.05) is 40.5 Å². The Bertz CT molecular complexity index is 528. The van der Waals surface area contributed by atoms with Crippen LogP contribution in [0.5, 0.6) is 0 Å². The third kappa shape index (κ3) is 4.92. The SMILES string of the molecule is CN=C(NCC1(c2ccc(F)cc2)CCOCC1)NC(C)COC. The summed E-state index contributed by atoms with van der Waals surface area (Å²) in [5, 5.41) is 6.72. The fraction of sp³-hybridized carbons (Fsp3) is 0.611. The number of guanidine groups is 1. The van der Waals surface area contributed by atoms with Crippen molar-refractivity contribution in [2.45, 2.75) is 31.2 Å². The van der Waals surface area contributed by atoms with E-state index in [0.29, 0.717) is 19.8 Å². The summed E-state index contributed by atoms with van der Waals surface area (Å²) in [6.45, 7) is 4.80. The summed E-state index contributed by atoms with van der Waals surface area (Å²) in [6, 6.07) is 6.98. The van der Waals surface area contributed by atoms with Crippen LogP contribution in [0.15, 0.2) is 29.3 Å². The summed E-state index contributed by atoms with van der Waals surface area (Å²) in [7, 11) is 3.43. The number of halogens is 1. The Morgan fingerprint density at radius 1 is 1.33 bits per heavy atom. The van der Waals surface area contributed by atoms with Gasteiger partial charge in [0.25, 0.3) is 0 Å². The molecule has 6 heteroatoms. The molecule has 0 aromatic heterocycles. The molecule has 1 atom stereocenters. The van der Waals surface area contributed by atoms with Crippen molar-refractivity contribution in [3.8, 4) is 0 Å². The zero-order valence-corrected chi connectivity index (χ0v) is 14.8. The predicted molar refractivity (Wildman–Crippen MR) is 94.0 cm³/mol. The number of methoxy groups -OCH3 is 1. The molecule has 1 aromatic rings. The van der Waals surface area contributed by atoms with Crippen molar-refractivity contribution in [1.82, 2.24) is 10.6 Å². The smallest absolute Gasteiger partial charge is 0.191 e. The van der Waals surface area contributed by atoms with Gasteiger partial charge in [0.2, 0.25) is 0 Å². The first kappa shape index (κ1) is 18.7. The number of nitrogens with zero attached hydrogens (tertiary/aromatic N) is 1. The average molecular weight is 337 g/mol. The van der Waals surface area contributed by atoms with Crippen LogP contribution in [0.1, 0.15) is 25.3 Å². The van der Waals surface area contributed by atoms with E-state index >= 15 is 0 Å². The second kappa shape index (κ2) is 8.99. The van der Waals surface area contributed by atoms with Gasteiger partial charge in [-0.15, -0.1) is 0 Å². The van der Waals surface area contributed by atoms with E-state index in [1.54, 1.807) is 14.2 Å². The van der Waals surface area contributed by atoms with Crippen molar-refractivity contribution in [2.24, 2.45) is 4.99 Å². The van der Waals surface area contributed by atoms with Gasteiger partial charge in [0.05, 0.1) is 6.61 Å². The minimum atomic E-state index is -0.209. The fourth-order valence-corrected chi connectivity index (χ4v) is 3.11. The van der Waals surface area contributed by atoms with Gasteiger partial charge in [-0.25, -0.2) is 4.39 Å². The van der Waals surface area contributed by atoms with Crippen molar-refractivity contribution >= 4 is 5.96 Å². The van der Waals surface area contributed by atoms with Crippen LogP contribution in [-0.2, 0) is 14.9 Å². The number of nitrogens with one attached hydrogen (secondary N) is 2. The van der Waals surface area contributed by atoms with E-state index in [1.807, 2.05) is 19.1 Å². The van der Waals surface area contributed by atoms with E-state index in [1.165, 1.54) is 12.1 Å². The molecule has 1 saturated heterocycles. The van der Waals surface area contributed by atoms with Gasteiger partial charge in [0.1, 0.15) is 5.82 Å². The van der Waals surface area contributed by atoms with Crippen molar-refractivity contribution in [3.63, 3.8) is 0 Å². The number of hydrogen-bond acceptors (Lipinski definition) is 3. The van der Waals surface area contributed by atoms with Crippen LogP contribution in [0.3, 0.4) is 0 Å². The molecule has 1 unspecified atom stereocenters. The molecule has 0 bridgehead atoms. The number of ether oxygens (including phenoxy) is 2. The second-order valence-electron chi connectivity index (χ2n) is 6.33. The second-order valence-corrected chi connectivity index (χ2v) is 6.33. The number of aliphatic imine (C=N–C) groups is 1. The molecule has 2 N–H and O–H groups in total. The Labute approximate surface area is 143 Å². The lowest BCUT2D eigenvalue weighted by atomic mass is 9.74. The largest absolute Gasteiger partial charge is 0.383 e. The van der Waals surface area contributed by atoms with E-state index in [9.17, 15) is 4.39 Å². The molecule has 1 fully saturated rings. The van der Waals surface area contributed by atoms with Crippen LogP contribution in [-0.4, -0.2) is 52.5 Å². The minimum absolute atomic E-state index is 0.0753. The molecule has 0 amide bonds. The zero-order chi connectivity index (χ0) is 17.4. The van der Waals surface area contributed by atoms with Crippen LogP contribution in [0.25, 0.3) is 0 Å². The molecule has 0 radical (unpaired) electrons. The van der Waals surface area contributed by atoms with Gasteiger partial charge in [0.15, 0.2) is 5.96 Å². The van der Waals surface area contributed by atoms with Crippen LogP contribution >= 0.6 is 0 Å². The molecule has 134 valence electrons. The molecule has 0 aliphatic carbocycles. The van der Waals surface area contributed by atoms with Crippen LogP contribution in [0.4, 0.5) is 4.39 Å². The maximum Gasteiger partial charge on any atom is 0.191 e. The van der Waals surface area contributed by atoms with E-state index in [0.717, 1.165) is 30.9 Å². The molecular weight excluding hydrogens is 309 g/mol. The normalized spacial score (nSPS) is 18.9. The van der Waals surface area contributed by atoms with Crippen molar-refractivity contribution in [1.29, 1.82) is 0 Å². The molecule has 0 saturated carbocycles. The number of rotatable bonds is 6. The molecule has 0 spiro atoms. The average Bonchev–Trinajstić information content (AvgIpc) is 2.60.